The Morgan fingerprint density at radius 1 is 1.17 bits per heavy atom. The normalized spacial score (nSPS) is 27.2. The Hall–Kier alpha value is -0.160. The van der Waals surface area contributed by atoms with E-state index in [-0.39, 0.29) is 0 Å². The first-order valence-corrected chi connectivity index (χ1v) is 7.54. The second kappa shape index (κ2) is 7.43. The van der Waals surface area contributed by atoms with Crippen LogP contribution in [0.1, 0.15) is 12.8 Å². The largest absolute Gasteiger partial charge is 0.314 e. The van der Waals surface area contributed by atoms with Gasteiger partial charge in [0.15, 0.2) is 0 Å². The minimum absolute atomic E-state index is 0.941. The van der Waals surface area contributed by atoms with Crippen molar-refractivity contribution in [2.24, 2.45) is 5.92 Å². The van der Waals surface area contributed by atoms with Gasteiger partial charge in [-0.15, -0.1) is 0 Å². The molecule has 1 N–H and O–H groups in total. The highest BCUT2D eigenvalue weighted by molar-refractivity contribution is 4.74. The highest BCUT2D eigenvalue weighted by atomic mass is 15.2. The van der Waals surface area contributed by atoms with Gasteiger partial charge in [-0.05, 0) is 45.9 Å². The van der Waals surface area contributed by atoms with E-state index < -0.39 is 0 Å². The molecule has 2 aliphatic heterocycles. The monoisotopic (exact) mass is 254 g/mol. The lowest BCUT2D eigenvalue weighted by atomic mass is 10.1. The van der Waals surface area contributed by atoms with Crippen molar-refractivity contribution in [3.05, 3.63) is 0 Å². The van der Waals surface area contributed by atoms with Crippen molar-refractivity contribution in [3.8, 4) is 0 Å². The molecule has 0 aromatic rings. The number of likely N-dealkylation sites (tertiary alicyclic amines) is 1. The molecule has 2 heterocycles. The lowest BCUT2D eigenvalue weighted by Gasteiger charge is -2.29. The van der Waals surface area contributed by atoms with E-state index in [0.29, 0.717) is 0 Å². The summed E-state index contributed by atoms with van der Waals surface area (Å²) in [4.78, 5) is 7.56. The molecular formula is C14H30N4. The summed E-state index contributed by atoms with van der Waals surface area (Å²) in [7, 11) is 4.52. The Kier molecular flexibility index (Phi) is 5.89. The van der Waals surface area contributed by atoms with Crippen LogP contribution in [0, 0.1) is 5.92 Å². The Bertz CT molecular complexity index is 219. The van der Waals surface area contributed by atoms with Gasteiger partial charge in [0.1, 0.15) is 0 Å². The number of nitrogens with zero attached hydrogens (tertiary/aromatic N) is 3. The van der Waals surface area contributed by atoms with E-state index in [1.807, 2.05) is 0 Å². The fourth-order valence-electron chi connectivity index (χ4n) is 3.02. The van der Waals surface area contributed by atoms with E-state index in [1.165, 1.54) is 58.7 Å². The predicted octanol–water partition coefficient (Wildman–Crippen LogP) is 0.165. The first-order chi connectivity index (χ1) is 8.74. The summed E-state index contributed by atoms with van der Waals surface area (Å²) in [5, 5.41) is 3.41. The van der Waals surface area contributed by atoms with Crippen molar-refractivity contribution < 1.29 is 0 Å². The zero-order valence-corrected chi connectivity index (χ0v) is 12.2. The minimum atomic E-state index is 0.941. The second-order valence-electron chi connectivity index (χ2n) is 6.10. The van der Waals surface area contributed by atoms with E-state index in [4.69, 9.17) is 0 Å². The molecule has 4 heteroatoms. The highest BCUT2D eigenvalue weighted by Crippen LogP contribution is 2.17. The van der Waals surface area contributed by atoms with Crippen molar-refractivity contribution >= 4 is 0 Å². The molecule has 0 saturated carbocycles. The van der Waals surface area contributed by atoms with Gasteiger partial charge < -0.3 is 15.1 Å². The first kappa shape index (κ1) is 14.3. The van der Waals surface area contributed by atoms with Crippen LogP contribution in [-0.2, 0) is 0 Å². The number of nitrogens with one attached hydrogen (secondary N) is 1. The molecule has 0 aromatic carbocycles. The molecule has 0 bridgehead atoms. The lowest BCUT2D eigenvalue weighted by molar-refractivity contribution is 0.200. The number of hydrogen-bond donors (Lipinski definition) is 1. The van der Waals surface area contributed by atoms with Crippen LogP contribution in [-0.4, -0.2) is 87.7 Å². The molecule has 2 rings (SSSR count). The molecule has 0 aliphatic carbocycles. The molecule has 106 valence electrons. The lowest BCUT2D eigenvalue weighted by Crippen LogP contribution is -2.46. The summed E-state index contributed by atoms with van der Waals surface area (Å²) in [5.74, 6) is 0.941. The summed E-state index contributed by atoms with van der Waals surface area (Å²) in [5.41, 5.74) is 0. The number of hydrogen-bond acceptors (Lipinski definition) is 4. The first-order valence-electron chi connectivity index (χ1n) is 7.54. The zero-order chi connectivity index (χ0) is 12.8. The van der Waals surface area contributed by atoms with Gasteiger partial charge >= 0.3 is 0 Å². The van der Waals surface area contributed by atoms with Crippen molar-refractivity contribution in [2.75, 3.05) is 73.0 Å². The van der Waals surface area contributed by atoms with Crippen molar-refractivity contribution in [1.82, 2.24) is 20.0 Å². The molecule has 1 unspecified atom stereocenters. The van der Waals surface area contributed by atoms with E-state index >= 15 is 0 Å². The summed E-state index contributed by atoms with van der Waals surface area (Å²) in [6.07, 6.45) is 2.78. The number of piperazine rings is 1. The fourth-order valence-corrected chi connectivity index (χ4v) is 3.02. The Morgan fingerprint density at radius 2 is 1.94 bits per heavy atom. The maximum absolute atomic E-state index is 3.41. The third-order valence-electron chi connectivity index (χ3n) is 4.42. The maximum atomic E-state index is 3.41. The molecule has 2 fully saturated rings. The molecule has 0 spiro atoms. The van der Waals surface area contributed by atoms with Gasteiger partial charge in [-0.2, -0.15) is 0 Å². The standard InChI is InChI=1S/C14H30N4/c1-16(7-3-14-4-8-17(2)13-14)11-12-18-9-5-15-6-10-18/h14-15H,3-13H2,1-2H3. The SMILES string of the molecule is CN(CCC1CCN(C)C1)CCN1CCNCC1. The quantitative estimate of drug-likeness (QED) is 0.729. The Morgan fingerprint density at radius 3 is 2.61 bits per heavy atom. The van der Waals surface area contributed by atoms with Gasteiger partial charge in [0.05, 0.1) is 0 Å². The van der Waals surface area contributed by atoms with Crippen LogP contribution in [0.4, 0.5) is 0 Å². The molecule has 2 aliphatic rings. The van der Waals surface area contributed by atoms with Gasteiger partial charge in [-0.1, -0.05) is 0 Å². The second-order valence-corrected chi connectivity index (χ2v) is 6.10. The van der Waals surface area contributed by atoms with Crippen molar-refractivity contribution in [3.63, 3.8) is 0 Å². The van der Waals surface area contributed by atoms with Gasteiger partial charge in [-0.25, -0.2) is 0 Å². The van der Waals surface area contributed by atoms with Crippen LogP contribution in [0.2, 0.25) is 0 Å². The number of rotatable bonds is 6. The van der Waals surface area contributed by atoms with Gasteiger partial charge in [-0.3, -0.25) is 4.90 Å². The molecule has 2 saturated heterocycles. The average molecular weight is 254 g/mol. The summed E-state index contributed by atoms with van der Waals surface area (Å²) < 4.78 is 0. The molecule has 0 amide bonds. The fraction of sp³-hybridized carbons (Fsp3) is 1.00. The summed E-state index contributed by atoms with van der Waals surface area (Å²) >= 11 is 0. The molecule has 4 nitrogen and oxygen atoms in total. The summed E-state index contributed by atoms with van der Waals surface area (Å²) in [6.45, 7) is 11.1. The van der Waals surface area contributed by atoms with Crippen LogP contribution >= 0.6 is 0 Å². The minimum Gasteiger partial charge on any atom is -0.314 e. The Balaban J connectivity index is 1.53. The average Bonchev–Trinajstić information content (AvgIpc) is 2.81. The zero-order valence-electron chi connectivity index (χ0n) is 12.2. The molecule has 1 atom stereocenters. The third kappa shape index (κ3) is 4.84. The van der Waals surface area contributed by atoms with Crippen LogP contribution < -0.4 is 5.32 Å². The predicted molar refractivity (Wildman–Crippen MR) is 77.0 cm³/mol. The van der Waals surface area contributed by atoms with Crippen molar-refractivity contribution in [2.45, 2.75) is 12.8 Å². The van der Waals surface area contributed by atoms with Crippen LogP contribution in [0.15, 0.2) is 0 Å². The highest BCUT2D eigenvalue weighted by Gasteiger charge is 2.19. The summed E-state index contributed by atoms with van der Waals surface area (Å²) in [6, 6.07) is 0. The maximum Gasteiger partial charge on any atom is 0.0110 e. The molecular weight excluding hydrogens is 224 g/mol. The van der Waals surface area contributed by atoms with E-state index in [0.717, 1.165) is 19.0 Å². The Labute approximate surface area is 112 Å². The molecule has 0 aromatic heterocycles. The van der Waals surface area contributed by atoms with E-state index in [9.17, 15) is 0 Å². The van der Waals surface area contributed by atoms with Gasteiger partial charge in [0.25, 0.3) is 0 Å². The molecule has 18 heavy (non-hydrogen) atoms. The third-order valence-corrected chi connectivity index (χ3v) is 4.42. The van der Waals surface area contributed by atoms with Crippen molar-refractivity contribution in [1.29, 1.82) is 0 Å². The topological polar surface area (TPSA) is 21.8 Å². The van der Waals surface area contributed by atoms with Gasteiger partial charge in [0, 0.05) is 45.8 Å². The van der Waals surface area contributed by atoms with Crippen LogP contribution in [0.5, 0.6) is 0 Å². The van der Waals surface area contributed by atoms with Crippen LogP contribution in [0.25, 0.3) is 0 Å². The van der Waals surface area contributed by atoms with Crippen LogP contribution in [0.3, 0.4) is 0 Å². The van der Waals surface area contributed by atoms with E-state index in [1.54, 1.807) is 0 Å². The smallest absolute Gasteiger partial charge is 0.0110 e. The van der Waals surface area contributed by atoms with Gasteiger partial charge in [0.2, 0.25) is 0 Å². The molecule has 0 radical (unpaired) electrons. The number of likely N-dealkylation sites (N-methyl/N-ethyl adjacent to an activating group) is 1. The van der Waals surface area contributed by atoms with E-state index in [2.05, 4.69) is 34.1 Å².